The highest BCUT2D eigenvalue weighted by atomic mass is 15.1. The number of anilines is 1. The van der Waals surface area contributed by atoms with Gasteiger partial charge >= 0.3 is 0 Å². The fourth-order valence-corrected chi connectivity index (χ4v) is 4.08. The predicted molar refractivity (Wildman–Crippen MR) is 131 cm³/mol. The maximum absolute atomic E-state index is 2.38. The smallest absolute Gasteiger partial charge is 0.215 e. The summed E-state index contributed by atoms with van der Waals surface area (Å²) in [5, 5.41) is 0. The second kappa shape index (κ2) is 8.16. The highest BCUT2D eigenvalue weighted by molar-refractivity contribution is 6.10. The van der Waals surface area contributed by atoms with Crippen LogP contribution in [0.25, 0.3) is 6.08 Å². The van der Waals surface area contributed by atoms with Gasteiger partial charge in [-0.2, -0.15) is 4.58 Å². The van der Waals surface area contributed by atoms with Gasteiger partial charge < -0.3 is 4.90 Å². The molecule has 2 heteroatoms. The molecule has 1 heterocycles. The van der Waals surface area contributed by atoms with Gasteiger partial charge in [0.15, 0.2) is 5.71 Å². The van der Waals surface area contributed by atoms with E-state index in [0.29, 0.717) is 0 Å². The Morgan fingerprint density at radius 2 is 1.37 bits per heavy atom. The van der Waals surface area contributed by atoms with Gasteiger partial charge in [0.25, 0.3) is 0 Å². The van der Waals surface area contributed by atoms with Gasteiger partial charge in [-0.05, 0) is 31.5 Å². The number of hydrogen-bond donors (Lipinski definition) is 0. The van der Waals surface area contributed by atoms with E-state index in [4.69, 9.17) is 0 Å². The Morgan fingerprint density at radius 1 is 0.733 bits per heavy atom. The highest BCUT2D eigenvalue weighted by Gasteiger charge is 2.44. The van der Waals surface area contributed by atoms with Gasteiger partial charge in [0.1, 0.15) is 0 Å². The summed E-state index contributed by atoms with van der Waals surface area (Å²) >= 11 is 0. The SMILES string of the molecule is CN(C)c1ccc(/C=C/C=C/C2=[N+](c3ccccc3)c3ccccc3C2(C)C)cc1. The molecule has 1 aliphatic rings. The van der Waals surface area contributed by atoms with Gasteiger partial charge in [-0.1, -0.05) is 66.8 Å². The highest BCUT2D eigenvalue weighted by Crippen LogP contribution is 2.41. The number of benzene rings is 3. The Morgan fingerprint density at radius 3 is 2.07 bits per heavy atom. The molecule has 0 saturated heterocycles. The molecule has 4 rings (SSSR count). The number of rotatable bonds is 5. The van der Waals surface area contributed by atoms with Crippen LogP contribution < -0.4 is 9.48 Å². The monoisotopic (exact) mass is 393 g/mol. The molecular formula is C28H29N2+. The summed E-state index contributed by atoms with van der Waals surface area (Å²) in [6, 6.07) is 27.9. The van der Waals surface area contributed by atoms with Gasteiger partial charge in [-0.3, -0.25) is 0 Å². The minimum Gasteiger partial charge on any atom is -0.378 e. The minimum atomic E-state index is -0.0653. The van der Waals surface area contributed by atoms with Crippen LogP contribution in [0.3, 0.4) is 0 Å². The van der Waals surface area contributed by atoms with Crippen LogP contribution in [0.5, 0.6) is 0 Å². The molecule has 0 N–H and O–H groups in total. The fourth-order valence-electron chi connectivity index (χ4n) is 4.08. The first-order valence-corrected chi connectivity index (χ1v) is 10.4. The van der Waals surface area contributed by atoms with Gasteiger partial charge in [0.2, 0.25) is 11.4 Å². The van der Waals surface area contributed by atoms with Gasteiger partial charge in [-0.25, -0.2) is 0 Å². The summed E-state index contributed by atoms with van der Waals surface area (Å²) < 4.78 is 2.38. The molecule has 0 radical (unpaired) electrons. The quantitative estimate of drug-likeness (QED) is 0.350. The molecule has 150 valence electrons. The van der Waals surface area contributed by atoms with Crippen molar-refractivity contribution in [2.45, 2.75) is 19.3 Å². The summed E-state index contributed by atoms with van der Waals surface area (Å²) in [6.45, 7) is 4.61. The molecule has 30 heavy (non-hydrogen) atoms. The third-order valence-electron chi connectivity index (χ3n) is 5.78. The van der Waals surface area contributed by atoms with Crippen LogP contribution in [0.15, 0.2) is 97.1 Å². The zero-order valence-corrected chi connectivity index (χ0v) is 18.2. The average Bonchev–Trinajstić information content (AvgIpc) is 2.99. The lowest BCUT2D eigenvalue weighted by molar-refractivity contribution is 0.738. The molecule has 0 saturated carbocycles. The summed E-state index contributed by atoms with van der Waals surface area (Å²) in [5.41, 5.74) is 7.44. The summed E-state index contributed by atoms with van der Waals surface area (Å²) in [6.07, 6.45) is 8.68. The number of nitrogens with zero attached hydrogens (tertiary/aromatic N) is 2. The van der Waals surface area contributed by atoms with Crippen LogP contribution in [0.4, 0.5) is 17.1 Å². The number of allylic oxidation sites excluding steroid dienone is 3. The Bertz CT molecular complexity index is 1110. The second-order valence-corrected chi connectivity index (χ2v) is 8.40. The molecule has 0 aromatic heterocycles. The van der Waals surface area contributed by atoms with Crippen LogP contribution in [-0.4, -0.2) is 19.8 Å². The van der Waals surface area contributed by atoms with Crippen molar-refractivity contribution in [1.82, 2.24) is 4.58 Å². The van der Waals surface area contributed by atoms with E-state index in [9.17, 15) is 0 Å². The molecular weight excluding hydrogens is 364 g/mol. The van der Waals surface area contributed by atoms with E-state index in [1.807, 2.05) is 0 Å². The molecule has 1 aliphatic heterocycles. The third-order valence-corrected chi connectivity index (χ3v) is 5.78. The van der Waals surface area contributed by atoms with E-state index in [2.05, 4.69) is 141 Å². The standard InChI is InChI=1S/C28H29N2/c1-28(2)25-15-9-10-16-26(25)30(24-13-6-5-7-14-24)27(28)17-11-8-12-22-18-20-23(21-19-22)29(3)4/h5-21H,1-4H3/q+1. The fraction of sp³-hybridized carbons (Fsp3) is 0.179. The predicted octanol–water partition coefficient (Wildman–Crippen LogP) is 6.59. The molecule has 0 spiro atoms. The molecule has 3 aromatic carbocycles. The molecule has 2 nitrogen and oxygen atoms in total. The number of hydrogen-bond acceptors (Lipinski definition) is 1. The first kappa shape index (κ1) is 19.9. The van der Waals surface area contributed by atoms with Crippen molar-refractivity contribution in [2.24, 2.45) is 0 Å². The maximum Gasteiger partial charge on any atom is 0.215 e. The van der Waals surface area contributed by atoms with Gasteiger partial charge in [-0.15, -0.1) is 0 Å². The molecule has 3 aromatic rings. The summed E-state index contributed by atoms with van der Waals surface area (Å²) in [4.78, 5) is 2.11. The topological polar surface area (TPSA) is 6.25 Å². The lowest BCUT2D eigenvalue weighted by Gasteiger charge is -2.15. The zero-order valence-electron chi connectivity index (χ0n) is 18.2. The van der Waals surface area contributed by atoms with Crippen molar-refractivity contribution in [3.63, 3.8) is 0 Å². The van der Waals surface area contributed by atoms with Crippen LogP contribution in [0, 0.1) is 0 Å². The van der Waals surface area contributed by atoms with Crippen LogP contribution in [-0.2, 0) is 5.41 Å². The molecule has 0 atom stereocenters. The van der Waals surface area contributed by atoms with Crippen molar-refractivity contribution in [3.8, 4) is 0 Å². The van der Waals surface area contributed by atoms with Crippen LogP contribution in [0.2, 0.25) is 0 Å². The Balaban J connectivity index is 1.68. The largest absolute Gasteiger partial charge is 0.378 e. The van der Waals surface area contributed by atoms with E-state index < -0.39 is 0 Å². The van der Waals surface area contributed by atoms with E-state index in [0.717, 1.165) is 0 Å². The lowest BCUT2D eigenvalue weighted by atomic mass is 9.81. The Hall–Kier alpha value is -3.39. The number of fused-ring (bicyclic) bond motifs is 1. The maximum atomic E-state index is 2.38. The first-order valence-electron chi connectivity index (χ1n) is 10.4. The first-order chi connectivity index (χ1) is 14.5. The van der Waals surface area contributed by atoms with Gasteiger partial charge in [0.05, 0.1) is 5.41 Å². The molecule has 0 aliphatic carbocycles. The normalized spacial score (nSPS) is 15.2. The van der Waals surface area contributed by atoms with E-state index in [1.54, 1.807) is 0 Å². The lowest BCUT2D eigenvalue weighted by Crippen LogP contribution is -2.27. The Labute approximate surface area is 180 Å². The summed E-state index contributed by atoms with van der Waals surface area (Å²) in [5.74, 6) is 0. The second-order valence-electron chi connectivity index (χ2n) is 8.40. The van der Waals surface area contributed by atoms with E-state index >= 15 is 0 Å². The van der Waals surface area contributed by atoms with Crippen molar-refractivity contribution in [2.75, 3.05) is 19.0 Å². The minimum absolute atomic E-state index is 0.0653. The van der Waals surface area contributed by atoms with Crippen LogP contribution in [0.1, 0.15) is 25.0 Å². The molecule has 0 bridgehead atoms. The number of para-hydroxylation sites is 2. The van der Waals surface area contributed by atoms with E-state index in [-0.39, 0.29) is 5.41 Å². The third kappa shape index (κ3) is 3.73. The van der Waals surface area contributed by atoms with Crippen molar-refractivity contribution >= 4 is 28.8 Å². The van der Waals surface area contributed by atoms with Crippen LogP contribution >= 0.6 is 0 Å². The molecule has 0 fully saturated rings. The van der Waals surface area contributed by atoms with Crippen molar-refractivity contribution in [3.05, 3.63) is 108 Å². The average molecular weight is 394 g/mol. The van der Waals surface area contributed by atoms with Crippen molar-refractivity contribution in [1.29, 1.82) is 0 Å². The molecule has 0 amide bonds. The zero-order chi connectivity index (χ0) is 21.1. The Kier molecular flexibility index (Phi) is 5.41. The van der Waals surface area contributed by atoms with E-state index in [1.165, 1.54) is 33.9 Å². The summed E-state index contributed by atoms with van der Waals surface area (Å²) in [7, 11) is 4.12. The van der Waals surface area contributed by atoms with Gasteiger partial charge in [0, 0.05) is 49.6 Å². The molecule has 0 unspecified atom stereocenters. The van der Waals surface area contributed by atoms with Crippen molar-refractivity contribution < 1.29 is 0 Å².